The van der Waals surface area contributed by atoms with Crippen molar-refractivity contribution < 1.29 is 0 Å². The fraction of sp³-hybridized carbons (Fsp3) is 0.250. The first-order chi connectivity index (χ1) is 8.16. The standard InChI is InChI=1S/C16H19N/c1-12(2)14-8-10-15(11-9-14)17-16-7-5-4-6-13(16)3/h4-12,17H,1-3H3. The second-order valence-electron chi connectivity index (χ2n) is 4.72. The van der Waals surface area contributed by atoms with Crippen LogP contribution in [-0.2, 0) is 0 Å². The van der Waals surface area contributed by atoms with Crippen LogP contribution >= 0.6 is 0 Å². The lowest BCUT2D eigenvalue weighted by Gasteiger charge is -2.11. The summed E-state index contributed by atoms with van der Waals surface area (Å²) in [6, 6.07) is 17.0. The average molecular weight is 225 g/mol. The molecule has 0 aliphatic rings. The van der Waals surface area contributed by atoms with E-state index in [-0.39, 0.29) is 0 Å². The van der Waals surface area contributed by atoms with E-state index >= 15 is 0 Å². The van der Waals surface area contributed by atoms with Crippen molar-refractivity contribution in [1.82, 2.24) is 0 Å². The van der Waals surface area contributed by atoms with Crippen LogP contribution in [0.2, 0.25) is 0 Å². The fourth-order valence-corrected chi connectivity index (χ4v) is 1.82. The van der Waals surface area contributed by atoms with Gasteiger partial charge in [-0.15, -0.1) is 0 Å². The Kier molecular flexibility index (Phi) is 3.48. The molecule has 2 aromatic carbocycles. The maximum absolute atomic E-state index is 3.44. The van der Waals surface area contributed by atoms with Gasteiger partial charge in [0.1, 0.15) is 0 Å². The molecule has 0 heterocycles. The Morgan fingerprint density at radius 2 is 1.53 bits per heavy atom. The van der Waals surface area contributed by atoms with Gasteiger partial charge in [-0.1, -0.05) is 44.2 Å². The summed E-state index contributed by atoms with van der Waals surface area (Å²) >= 11 is 0. The molecule has 0 amide bonds. The van der Waals surface area contributed by atoms with Gasteiger partial charge < -0.3 is 5.32 Å². The van der Waals surface area contributed by atoms with E-state index in [4.69, 9.17) is 0 Å². The third-order valence-corrected chi connectivity index (χ3v) is 3.00. The van der Waals surface area contributed by atoms with Crippen molar-refractivity contribution in [3.05, 3.63) is 59.7 Å². The van der Waals surface area contributed by atoms with Gasteiger partial charge in [0.15, 0.2) is 0 Å². The highest BCUT2D eigenvalue weighted by Gasteiger charge is 2.00. The topological polar surface area (TPSA) is 12.0 Å². The highest BCUT2D eigenvalue weighted by Crippen LogP contribution is 2.22. The number of nitrogens with one attached hydrogen (secondary N) is 1. The molecule has 2 rings (SSSR count). The molecule has 0 unspecified atom stereocenters. The Morgan fingerprint density at radius 3 is 2.12 bits per heavy atom. The molecule has 0 saturated carbocycles. The highest BCUT2D eigenvalue weighted by atomic mass is 14.9. The minimum atomic E-state index is 0.586. The quantitative estimate of drug-likeness (QED) is 0.786. The Hall–Kier alpha value is -1.76. The van der Waals surface area contributed by atoms with Crippen LogP contribution in [0.4, 0.5) is 11.4 Å². The van der Waals surface area contributed by atoms with Gasteiger partial charge in [0.05, 0.1) is 0 Å². The van der Waals surface area contributed by atoms with E-state index in [1.54, 1.807) is 0 Å². The van der Waals surface area contributed by atoms with Gasteiger partial charge in [0.25, 0.3) is 0 Å². The average Bonchev–Trinajstić information content (AvgIpc) is 2.33. The van der Waals surface area contributed by atoms with Gasteiger partial charge in [-0.3, -0.25) is 0 Å². The molecule has 1 heteroatoms. The molecule has 0 atom stereocenters. The SMILES string of the molecule is Cc1ccccc1Nc1ccc(C(C)C)cc1. The molecule has 17 heavy (non-hydrogen) atoms. The number of para-hydroxylation sites is 1. The number of rotatable bonds is 3. The van der Waals surface area contributed by atoms with Crippen LogP contribution in [0.25, 0.3) is 0 Å². The van der Waals surface area contributed by atoms with Gasteiger partial charge >= 0.3 is 0 Å². The maximum atomic E-state index is 3.44. The zero-order valence-corrected chi connectivity index (χ0v) is 10.7. The predicted octanol–water partition coefficient (Wildman–Crippen LogP) is 4.86. The molecule has 1 nitrogen and oxygen atoms in total. The molecule has 88 valence electrons. The zero-order valence-electron chi connectivity index (χ0n) is 10.7. The first kappa shape index (κ1) is 11.7. The lowest BCUT2D eigenvalue weighted by molar-refractivity contribution is 0.867. The number of hydrogen-bond acceptors (Lipinski definition) is 1. The second-order valence-corrected chi connectivity index (χ2v) is 4.72. The highest BCUT2D eigenvalue weighted by molar-refractivity contribution is 5.63. The van der Waals surface area contributed by atoms with Gasteiger partial charge in [-0.05, 0) is 42.2 Å². The number of aryl methyl sites for hydroxylation is 1. The Morgan fingerprint density at radius 1 is 0.882 bits per heavy atom. The predicted molar refractivity (Wildman–Crippen MR) is 75.0 cm³/mol. The third-order valence-electron chi connectivity index (χ3n) is 3.00. The molecule has 0 spiro atoms. The Labute approximate surface area is 103 Å². The van der Waals surface area contributed by atoms with Crippen molar-refractivity contribution in [2.75, 3.05) is 5.32 Å². The molecule has 0 radical (unpaired) electrons. The minimum absolute atomic E-state index is 0.586. The van der Waals surface area contributed by atoms with Crippen LogP contribution < -0.4 is 5.32 Å². The first-order valence-corrected chi connectivity index (χ1v) is 6.09. The van der Waals surface area contributed by atoms with Crippen molar-refractivity contribution in [3.63, 3.8) is 0 Å². The zero-order chi connectivity index (χ0) is 12.3. The molecule has 2 aromatic rings. The van der Waals surface area contributed by atoms with Crippen LogP contribution in [0, 0.1) is 6.92 Å². The van der Waals surface area contributed by atoms with E-state index in [9.17, 15) is 0 Å². The van der Waals surface area contributed by atoms with Gasteiger partial charge in [-0.2, -0.15) is 0 Å². The molecule has 0 saturated heterocycles. The molecule has 0 aromatic heterocycles. The van der Waals surface area contributed by atoms with Crippen LogP contribution in [0.15, 0.2) is 48.5 Å². The van der Waals surface area contributed by atoms with Crippen LogP contribution in [0.3, 0.4) is 0 Å². The molecular formula is C16H19N. The molecule has 0 fully saturated rings. The van der Waals surface area contributed by atoms with Gasteiger partial charge in [-0.25, -0.2) is 0 Å². The molecule has 0 aliphatic carbocycles. The van der Waals surface area contributed by atoms with Gasteiger partial charge in [0.2, 0.25) is 0 Å². The summed E-state index contributed by atoms with van der Waals surface area (Å²) in [6.07, 6.45) is 0. The van der Waals surface area contributed by atoms with Crippen molar-refractivity contribution >= 4 is 11.4 Å². The largest absolute Gasteiger partial charge is 0.355 e. The van der Waals surface area contributed by atoms with E-state index in [1.807, 2.05) is 0 Å². The summed E-state index contributed by atoms with van der Waals surface area (Å²) < 4.78 is 0. The summed E-state index contributed by atoms with van der Waals surface area (Å²) in [4.78, 5) is 0. The van der Waals surface area contributed by atoms with Gasteiger partial charge in [0, 0.05) is 11.4 Å². The fourth-order valence-electron chi connectivity index (χ4n) is 1.82. The number of benzene rings is 2. The first-order valence-electron chi connectivity index (χ1n) is 6.09. The van der Waals surface area contributed by atoms with Crippen LogP contribution in [-0.4, -0.2) is 0 Å². The smallest absolute Gasteiger partial charge is 0.0413 e. The minimum Gasteiger partial charge on any atom is -0.355 e. The summed E-state index contributed by atoms with van der Waals surface area (Å²) in [7, 11) is 0. The Balaban J connectivity index is 2.17. The number of anilines is 2. The molecular weight excluding hydrogens is 206 g/mol. The second kappa shape index (κ2) is 5.05. The van der Waals surface area contributed by atoms with Crippen molar-refractivity contribution in [1.29, 1.82) is 0 Å². The normalized spacial score (nSPS) is 10.6. The lowest BCUT2D eigenvalue weighted by atomic mass is 10.0. The summed E-state index contributed by atoms with van der Waals surface area (Å²) in [5.74, 6) is 0.586. The van der Waals surface area contributed by atoms with Crippen molar-refractivity contribution in [2.45, 2.75) is 26.7 Å². The number of hydrogen-bond donors (Lipinski definition) is 1. The van der Waals surface area contributed by atoms with Crippen molar-refractivity contribution in [3.8, 4) is 0 Å². The summed E-state index contributed by atoms with van der Waals surface area (Å²) in [5.41, 5.74) is 4.95. The monoisotopic (exact) mass is 225 g/mol. The summed E-state index contributed by atoms with van der Waals surface area (Å²) in [5, 5.41) is 3.44. The van der Waals surface area contributed by atoms with Crippen molar-refractivity contribution in [2.24, 2.45) is 0 Å². The van der Waals surface area contributed by atoms with E-state index in [2.05, 4.69) is 74.6 Å². The van der Waals surface area contributed by atoms with Crippen LogP contribution in [0.5, 0.6) is 0 Å². The third kappa shape index (κ3) is 2.88. The van der Waals surface area contributed by atoms with E-state index < -0.39 is 0 Å². The summed E-state index contributed by atoms with van der Waals surface area (Å²) in [6.45, 7) is 6.54. The van der Waals surface area contributed by atoms with E-state index in [1.165, 1.54) is 16.8 Å². The Bertz CT molecular complexity index is 483. The van der Waals surface area contributed by atoms with Crippen LogP contribution in [0.1, 0.15) is 30.9 Å². The van der Waals surface area contributed by atoms with E-state index in [0.717, 1.165) is 5.69 Å². The lowest BCUT2D eigenvalue weighted by Crippen LogP contribution is -1.93. The van der Waals surface area contributed by atoms with E-state index in [0.29, 0.717) is 5.92 Å². The maximum Gasteiger partial charge on any atom is 0.0413 e. The molecule has 0 bridgehead atoms. The molecule has 1 N–H and O–H groups in total. The molecule has 0 aliphatic heterocycles.